The van der Waals surface area contributed by atoms with Crippen LogP contribution < -0.4 is 5.32 Å². The van der Waals surface area contributed by atoms with E-state index in [0.717, 1.165) is 11.3 Å². The van der Waals surface area contributed by atoms with Gasteiger partial charge < -0.3 is 10.1 Å². The molecule has 0 bridgehead atoms. The Hall–Kier alpha value is -1.86. The summed E-state index contributed by atoms with van der Waals surface area (Å²) in [4.78, 5) is 11.5. The van der Waals surface area contributed by atoms with Crippen molar-refractivity contribution in [1.82, 2.24) is 0 Å². The molecule has 0 aliphatic heterocycles. The molecule has 0 saturated carbocycles. The highest BCUT2D eigenvalue weighted by Gasteiger charge is 2.19. The molecule has 0 saturated heterocycles. The molecular weight excluding hydrogens is 228 g/mol. The zero-order chi connectivity index (χ0) is 13.8. The van der Waals surface area contributed by atoms with Gasteiger partial charge in [0.1, 0.15) is 6.61 Å². The van der Waals surface area contributed by atoms with Gasteiger partial charge in [-0.25, -0.2) is 0 Å². The van der Waals surface area contributed by atoms with Gasteiger partial charge in [0, 0.05) is 12.8 Å². The van der Waals surface area contributed by atoms with Crippen molar-refractivity contribution in [3.63, 3.8) is 0 Å². The Bertz CT molecular complexity index is 482. The fourth-order valence-corrected chi connectivity index (χ4v) is 1.66. The Morgan fingerprint density at radius 2 is 2.11 bits per heavy atom. The van der Waals surface area contributed by atoms with Crippen molar-refractivity contribution in [2.45, 2.75) is 26.2 Å². The number of nitriles is 1. The standard InChI is InChI=1S/C14H18N2O2/c1-14(2,3)11-7-10(8-15)5-6-12(11)16-13(17)9-18-4/h5-7H,9H2,1-4H3,(H,16,17). The summed E-state index contributed by atoms with van der Waals surface area (Å²) in [5.41, 5.74) is 2.10. The van der Waals surface area contributed by atoms with Crippen molar-refractivity contribution in [3.8, 4) is 6.07 Å². The van der Waals surface area contributed by atoms with E-state index in [0.29, 0.717) is 5.56 Å². The lowest BCUT2D eigenvalue weighted by Gasteiger charge is -2.23. The topological polar surface area (TPSA) is 62.1 Å². The highest BCUT2D eigenvalue weighted by molar-refractivity contribution is 5.92. The fourth-order valence-electron chi connectivity index (χ4n) is 1.66. The van der Waals surface area contributed by atoms with Crippen molar-refractivity contribution in [2.75, 3.05) is 19.0 Å². The number of nitrogens with one attached hydrogen (secondary N) is 1. The van der Waals surface area contributed by atoms with Crippen molar-refractivity contribution in [2.24, 2.45) is 0 Å². The van der Waals surface area contributed by atoms with E-state index in [9.17, 15) is 4.79 Å². The number of amides is 1. The van der Waals surface area contributed by atoms with E-state index < -0.39 is 0 Å². The number of carbonyl (C=O) groups excluding carboxylic acids is 1. The largest absolute Gasteiger partial charge is 0.375 e. The second-order valence-corrected chi connectivity index (χ2v) is 5.10. The van der Waals surface area contributed by atoms with Gasteiger partial charge in [-0.05, 0) is 29.2 Å². The Kier molecular flexibility index (Phi) is 4.46. The number of ether oxygens (including phenoxy) is 1. The van der Waals surface area contributed by atoms with Crippen LogP contribution in [0, 0.1) is 11.3 Å². The Morgan fingerprint density at radius 1 is 1.44 bits per heavy atom. The summed E-state index contributed by atoms with van der Waals surface area (Å²) < 4.78 is 4.78. The van der Waals surface area contributed by atoms with Crippen molar-refractivity contribution >= 4 is 11.6 Å². The summed E-state index contributed by atoms with van der Waals surface area (Å²) in [6.45, 7) is 6.13. The van der Waals surface area contributed by atoms with E-state index >= 15 is 0 Å². The van der Waals surface area contributed by atoms with Gasteiger partial charge in [0.25, 0.3) is 0 Å². The van der Waals surface area contributed by atoms with E-state index in [1.54, 1.807) is 12.1 Å². The predicted octanol–water partition coefficient (Wildman–Crippen LogP) is 2.44. The molecule has 1 N–H and O–H groups in total. The minimum atomic E-state index is -0.201. The highest BCUT2D eigenvalue weighted by atomic mass is 16.5. The molecular formula is C14H18N2O2. The number of methoxy groups -OCH3 is 1. The second kappa shape index (κ2) is 5.65. The molecule has 1 aromatic carbocycles. The number of hydrogen-bond donors (Lipinski definition) is 1. The van der Waals surface area contributed by atoms with E-state index in [4.69, 9.17) is 10.00 Å². The predicted molar refractivity (Wildman–Crippen MR) is 70.4 cm³/mol. The molecule has 0 aromatic heterocycles. The molecule has 0 unspecified atom stereocenters. The van der Waals surface area contributed by atoms with Crippen molar-refractivity contribution < 1.29 is 9.53 Å². The van der Waals surface area contributed by atoms with Crippen LogP contribution in [0.25, 0.3) is 0 Å². The summed E-state index contributed by atoms with van der Waals surface area (Å²) in [5.74, 6) is -0.201. The van der Waals surface area contributed by atoms with Gasteiger partial charge in [-0.15, -0.1) is 0 Å². The summed E-state index contributed by atoms with van der Waals surface area (Å²) in [6, 6.07) is 7.36. The summed E-state index contributed by atoms with van der Waals surface area (Å²) in [5, 5.41) is 11.7. The molecule has 0 fully saturated rings. The van der Waals surface area contributed by atoms with Gasteiger partial charge in [-0.1, -0.05) is 20.8 Å². The average Bonchev–Trinajstić information content (AvgIpc) is 2.28. The smallest absolute Gasteiger partial charge is 0.250 e. The first-order valence-corrected chi connectivity index (χ1v) is 5.72. The lowest BCUT2D eigenvalue weighted by atomic mass is 9.85. The summed E-state index contributed by atoms with van der Waals surface area (Å²) >= 11 is 0. The summed E-state index contributed by atoms with van der Waals surface area (Å²) in [7, 11) is 1.48. The first-order valence-electron chi connectivity index (χ1n) is 5.72. The second-order valence-electron chi connectivity index (χ2n) is 5.10. The Labute approximate surface area is 108 Å². The van der Waals surface area contributed by atoms with Gasteiger partial charge in [0.15, 0.2) is 0 Å². The third-order valence-electron chi connectivity index (χ3n) is 2.51. The molecule has 0 atom stereocenters. The van der Waals surface area contributed by atoms with Gasteiger partial charge in [-0.2, -0.15) is 5.26 Å². The van der Waals surface area contributed by atoms with E-state index in [2.05, 4.69) is 11.4 Å². The number of benzene rings is 1. The van der Waals surface area contributed by atoms with Crippen LogP contribution in [-0.4, -0.2) is 19.6 Å². The first kappa shape index (κ1) is 14.2. The molecule has 1 amide bonds. The van der Waals surface area contributed by atoms with Crippen LogP contribution in [-0.2, 0) is 14.9 Å². The maximum absolute atomic E-state index is 11.5. The van der Waals surface area contributed by atoms with Crippen molar-refractivity contribution in [3.05, 3.63) is 29.3 Å². The summed E-state index contributed by atoms with van der Waals surface area (Å²) in [6.07, 6.45) is 0. The molecule has 1 rings (SSSR count). The molecule has 0 spiro atoms. The number of anilines is 1. The lowest BCUT2D eigenvalue weighted by molar-refractivity contribution is -0.119. The van der Waals surface area contributed by atoms with Crippen LogP contribution in [0.15, 0.2) is 18.2 Å². The first-order chi connectivity index (χ1) is 8.38. The number of hydrogen-bond acceptors (Lipinski definition) is 3. The zero-order valence-electron chi connectivity index (χ0n) is 11.2. The monoisotopic (exact) mass is 246 g/mol. The van der Waals surface area contributed by atoms with E-state index in [1.807, 2.05) is 26.8 Å². The normalized spacial score (nSPS) is 10.8. The molecule has 4 heteroatoms. The molecule has 0 aliphatic carbocycles. The third kappa shape index (κ3) is 3.57. The number of carbonyl (C=O) groups is 1. The third-order valence-corrected chi connectivity index (χ3v) is 2.51. The number of rotatable bonds is 3. The molecule has 0 heterocycles. The minimum Gasteiger partial charge on any atom is -0.375 e. The fraction of sp³-hybridized carbons (Fsp3) is 0.429. The SMILES string of the molecule is COCC(=O)Nc1ccc(C#N)cc1C(C)(C)C. The number of nitrogens with zero attached hydrogens (tertiary/aromatic N) is 1. The van der Waals surface area contributed by atoms with Gasteiger partial charge in [-0.3, -0.25) is 4.79 Å². The van der Waals surface area contributed by atoms with Crippen LogP contribution in [0.3, 0.4) is 0 Å². The van der Waals surface area contributed by atoms with Gasteiger partial charge in [0.05, 0.1) is 11.6 Å². The van der Waals surface area contributed by atoms with E-state index in [-0.39, 0.29) is 17.9 Å². The molecule has 96 valence electrons. The highest BCUT2D eigenvalue weighted by Crippen LogP contribution is 2.30. The molecule has 0 radical (unpaired) electrons. The Balaban J connectivity index is 3.12. The lowest BCUT2D eigenvalue weighted by Crippen LogP contribution is -2.21. The Morgan fingerprint density at radius 3 is 2.61 bits per heavy atom. The van der Waals surface area contributed by atoms with Crippen LogP contribution in [0.5, 0.6) is 0 Å². The van der Waals surface area contributed by atoms with Crippen LogP contribution in [0.2, 0.25) is 0 Å². The van der Waals surface area contributed by atoms with Crippen LogP contribution >= 0.6 is 0 Å². The molecule has 4 nitrogen and oxygen atoms in total. The van der Waals surface area contributed by atoms with E-state index in [1.165, 1.54) is 7.11 Å². The minimum absolute atomic E-state index is 0.0174. The maximum atomic E-state index is 11.5. The van der Waals surface area contributed by atoms with Gasteiger partial charge >= 0.3 is 0 Å². The van der Waals surface area contributed by atoms with Crippen LogP contribution in [0.1, 0.15) is 31.9 Å². The van der Waals surface area contributed by atoms with Crippen LogP contribution in [0.4, 0.5) is 5.69 Å². The van der Waals surface area contributed by atoms with Crippen molar-refractivity contribution in [1.29, 1.82) is 5.26 Å². The maximum Gasteiger partial charge on any atom is 0.250 e. The average molecular weight is 246 g/mol. The molecule has 1 aromatic rings. The molecule has 0 aliphatic rings. The zero-order valence-corrected chi connectivity index (χ0v) is 11.2. The quantitative estimate of drug-likeness (QED) is 0.891. The molecule has 18 heavy (non-hydrogen) atoms. The van der Waals surface area contributed by atoms with Gasteiger partial charge in [0.2, 0.25) is 5.91 Å².